The van der Waals surface area contributed by atoms with Gasteiger partial charge in [0.15, 0.2) is 0 Å². The molecule has 140 valence electrons. The molecule has 0 atom stereocenters. The predicted molar refractivity (Wildman–Crippen MR) is 110 cm³/mol. The van der Waals surface area contributed by atoms with E-state index < -0.39 is 0 Å². The van der Waals surface area contributed by atoms with Crippen molar-refractivity contribution in [2.45, 2.75) is 11.4 Å². The Balaban J connectivity index is 1.67. The van der Waals surface area contributed by atoms with Crippen LogP contribution in [0.15, 0.2) is 53.4 Å². The van der Waals surface area contributed by atoms with E-state index in [0.29, 0.717) is 17.4 Å². The number of thioether (sulfide) groups is 1. The van der Waals surface area contributed by atoms with Gasteiger partial charge in [0, 0.05) is 28.1 Å². The number of carbonyl (C=O) groups excluding carboxylic acids is 1. The number of likely N-dealkylation sites (N-methyl/N-ethyl adjacent to an activating group) is 1. The van der Waals surface area contributed by atoms with E-state index in [9.17, 15) is 9.18 Å². The summed E-state index contributed by atoms with van der Waals surface area (Å²) >= 11 is 7.99. The summed E-state index contributed by atoms with van der Waals surface area (Å²) in [6.07, 6.45) is 2.01. The Morgan fingerprint density at radius 3 is 2.81 bits per heavy atom. The molecule has 3 rings (SSSR count). The SMILES string of the molecule is CSc1ccc2cc(CN(C)CC(=O)Nc3cccc(F)c3)c(Cl)nc2c1. The van der Waals surface area contributed by atoms with Gasteiger partial charge >= 0.3 is 0 Å². The summed E-state index contributed by atoms with van der Waals surface area (Å²) in [6, 6.07) is 13.9. The number of amides is 1. The minimum atomic E-state index is -0.389. The molecule has 0 unspecified atom stereocenters. The number of pyridine rings is 1. The molecule has 0 spiro atoms. The molecule has 1 amide bonds. The van der Waals surface area contributed by atoms with E-state index in [1.54, 1.807) is 23.9 Å². The molecule has 1 aromatic heterocycles. The molecule has 0 radical (unpaired) electrons. The second kappa shape index (κ2) is 8.69. The number of hydrogen-bond acceptors (Lipinski definition) is 4. The van der Waals surface area contributed by atoms with E-state index in [-0.39, 0.29) is 18.3 Å². The average molecular weight is 404 g/mol. The van der Waals surface area contributed by atoms with Crippen LogP contribution in [0.4, 0.5) is 10.1 Å². The van der Waals surface area contributed by atoms with Crippen LogP contribution >= 0.6 is 23.4 Å². The second-order valence-corrected chi connectivity index (χ2v) is 7.47. The minimum Gasteiger partial charge on any atom is -0.325 e. The highest BCUT2D eigenvalue weighted by Gasteiger charge is 2.12. The molecule has 7 heteroatoms. The highest BCUT2D eigenvalue weighted by atomic mass is 35.5. The number of halogens is 2. The lowest BCUT2D eigenvalue weighted by atomic mass is 10.1. The smallest absolute Gasteiger partial charge is 0.238 e. The van der Waals surface area contributed by atoms with Crippen LogP contribution in [0, 0.1) is 5.82 Å². The van der Waals surface area contributed by atoms with Crippen molar-refractivity contribution in [2.75, 3.05) is 25.2 Å². The molecule has 27 heavy (non-hydrogen) atoms. The van der Waals surface area contributed by atoms with E-state index in [0.717, 1.165) is 21.4 Å². The van der Waals surface area contributed by atoms with Crippen molar-refractivity contribution in [1.82, 2.24) is 9.88 Å². The first-order valence-electron chi connectivity index (χ1n) is 8.32. The van der Waals surface area contributed by atoms with E-state index in [2.05, 4.69) is 10.3 Å². The summed E-state index contributed by atoms with van der Waals surface area (Å²) in [5, 5.41) is 4.12. The predicted octanol–water partition coefficient (Wildman–Crippen LogP) is 4.82. The molecule has 1 N–H and O–H groups in total. The fourth-order valence-electron chi connectivity index (χ4n) is 2.76. The number of nitrogens with one attached hydrogen (secondary N) is 1. The fourth-order valence-corrected chi connectivity index (χ4v) is 3.40. The van der Waals surface area contributed by atoms with E-state index in [1.165, 1.54) is 12.1 Å². The number of hydrogen-bond donors (Lipinski definition) is 1. The van der Waals surface area contributed by atoms with Crippen molar-refractivity contribution >= 4 is 45.9 Å². The molecule has 0 aliphatic carbocycles. The number of nitrogens with zero attached hydrogens (tertiary/aromatic N) is 2. The van der Waals surface area contributed by atoms with Gasteiger partial charge in [-0.15, -0.1) is 11.8 Å². The summed E-state index contributed by atoms with van der Waals surface area (Å²) in [4.78, 5) is 19.6. The van der Waals surface area contributed by atoms with Crippen LogP contribution in [0.2, 0.25) is 5.15 Å². The van der Waals surface area contributed by atoms with Crippen LogP contribution in [0.5, 0.6) is 0 Å². The van der Waals surface area contributed by atoms with Crippen LogP contribution in [0.25, 0.3) is 10.9 Å². The van der Waals surface area contributed by atoms with Gasteiger partial charge in [0.25, 0.3) is 0 Å². The number of benzene rings is 2. The second-order valence-electron chi connectivity index (χ2n) is 6.23. The molecule has 0 bridgehead atoms. The lowest BCUT2D eigenvalue weighted by molar-refractivity contribution is -0.117. The van der Waals surface area contributed by atoms with E-state index >= 15 is 0 Å². The number of aromatic nitrogens is 1. The first-order valence-corrected chi connectivity index (χ1v) is 9.92. The molecule has 4 nitrogen and oxygen atoms in total. The topological polar surface area (TPSA) is 45.2 Å². The molecule has 0 saturated carbocycles. The standard InChI is InChI=1S/C20H19ClFN3OS/c1-25(12-19(26)23-16-5-3-4-15(22)9-16)11-14-8-13-6-7-17(27-2)10-18(13)24-20(14)21/h3-10H,11-12H2,1-2H3,(H,23,26). The lowest BCUT2D eigenvalue weighted by Crippen LogP contribution is -2.30. The van der Waals surface area contributed by atoms with Crippen molar-refractivity contribution in [1.29, 1.82) is 0 Å². The quantitative estimate of drug-likeness (QED) is 0.473. The Morgan fingerprint density at radius 1 is 1.26 bits per heavy atom. The fraction of sp³-hybridized carbons (Fsp3) is 0.200. The largest absolute Gasteiger partial charge is 0.325 e. The molecule has 0 saturated heterocycles. The normalized spacial score (nSPS) is 11.1. The third kappa shape index (κ3) is 5.19. The van der Waals surface area contributed by atoms with Gasteiger partial charge in [-0.05, 0) is 49.7 Å². The van der Waals surface area contributed by atoms with Crippen molar-refractivity contribution in [3.8, 4) is 0 Å². The van der Waals surface area contributed by atoms with Crippen LogP contribution in [-0.4, -0.2) is 35.6 Å². The monoisotopic (exact) mass is 403 g/mol. The molecule has 0 aliphatic heterocycles. The highest BCUT2D eigenvalue weighted by molar-refractivity contribution is 7.98. The first kappa shape index (κ1) is 19.6. The van der Waals surface area contributed by atoms with Crippen molar-refractivity contribution < 1.29 is 9.18 Å². The third-order valence-corrected chi connectivity index (χ3v) is 5.07. The van der Waals surface area contributed by atoms with Gasteiger partial charge in [0.2, 0.25) is 5.91 Å². The van der Waals surface area contributed by atoms with Gasteiger partial charge in [0.1, 0.15) is 11.0 Å². The van der Waals surface area contributed by atoms with Crippen molar-refractivity contribution in [2.24, 2.45) is 0 Å². The van der Waals surface area contributed by atoms with Gasteiger partial charge < -0.3 is 5.32 Å². The maximum atomic E-state index is 13.2. The molecule has 3 aromatic rings. The van der Waals surface area contributed by atoms with E-state index in [4.69, 9.17) is 11.6 Å². The number of anilines is 1. The number of carbonyl (C=O) groups is 1. The van der Waals surface area contributed by atoms with Crippen molar-refractivity contribution in [3.63, 3.8) is 0 Å². The lowest BCUT2D eigenvalue weighted by Gasteiger charge is -2.17. The first-order chi connectivity index (χ1) is 12.9. The average Bonchev–Trinajstić information content (AvgIpc) is 2.61. The Morgan fingerprint density at radius 2 is 2.07 bits per heavy atom. The molecular weight excluding hydrogens is 385 g/mol. The van der Waals surface area contributed by atoms with Crippen LogP contribution < -0.4 is 5.32 Å². The van der Waals surface area contributed by atoms with Gasteiger partial charge in [-0.1, -0.05) is 23.7 Å². The maximum Gasteiger partial charge on any atom is 0.238 e. The zero-order valence-corrected chi connectivity index (χ0v) is 16.6. The van der Waals surface area contributed by atoms with Crippen LogP contribution in [0.1, 0.15) is 5.56 Å². The third-order valence-electron chi connectivity index (χ3n) is 4.01. The molecule has 0 fully saturated rings. The summed E-state index contributed by atoms with van der Waals surface area (Å²) in [7, 11) is 1.82. The summed E-state index contributed by atoms with van der Waals surface area (Å²) in [5.41, 5.74) is 2.13. The molecule has 0 aliphatic rings. The molecule has 2 aromatic carbocycles. The Kier molecular flexibility index (Phi) is 6.31. The summed E-state index contributed by atoms with van der Waals surface area (Å²) in [5.74, 6) is -0.614. The van der Waals surface area contributed by atoms with Crippen molar-refractivity contribution in [3.05, 3.63) is 65.1 Å². The Hall–Kier alpha value is -2.15. The number of fused-ring (bicyclic) bond motifs is 1. The zero-order valence-electron chi connectivity index (χ0n) is 15.0. The Labute approximate surface area is 166 Å². The van der Waals surface area contributed by atoms with Gasteiger partial charge in [0.05, 0.1) is 12.1 Å². The number of rotatable bonds is 6. The Bertz CT molecular complexity index is 983. The van der Waals surface area contributed by atoms with Crippen LogP contribution in [-0.2, 0) is 11.3 Å². The summed E-state index contributed by atoms with van der Waals surface area (Å²) in [6.45, 7) is 0.624. The highest BCUT2D eigenvalue weighted by Crippen LogP contribution is 2.25. The van der Waals surface area contributed by atoms with Gasteiger partial charge in [-0.3, -0.25) is 9.69 Å². The van der Waals surface area contributed by atoms with E-state index in [1.807, 2.05) is 42.5 Å². The van der Waals surface area contributed by atoms with Crippen LogP contribution in [0.3, 0.4) is 0 Å². The zero-order chi connectivity index (χ0) is 19.4. The molecular formula is C20H19ClFN3OS. The summed E-state index contributed by atoms with van der Waals surface area (Å²) < 4.78 is 13.2. The maximum absolute atomic E-state index is 13.2. The molecule has 1 heterocycles. The minimum absolute atomic E-state index is 0.149. The van der Waals surface area contributed by atoms with Gasteiger partial charge in [-0.2, -0.15) is 0 Å². The van der Waals surface area contributed by atoms with Gasteiger partial charge in [-0.25, -0.2) is 9.37 Å².